The average molecular weight is 528 g/mol. The zero-order valence-corrected chi connectivity index (χ0v) is 20.0. The fourth-order valence-corrected chi connectivity index (χ4v) is 4.36. The van der Waals surface area contributed by atoms with Crippen LogP contribution in [0.15, 0.2) is 63.2 Å². The summed E-state index contributed by atoms with van der Waals surface area (Å²) in [5.41, 5.74) is 0.391. The number of methoxy groups -OCH3 is 1. The predicted octanol–water partition coefficient (Wildman–Crippen LogP) is 4.65. The summed E-state index contributed by atoms with van der Waals surface area (Å²) in [7, 11) is 1.54. The van der Waals surface area contributed by atoms with E-state index in [-0.39, 0.29) is 17.7 Å². The van der Waals surface area contributed by atoms with Crippen LogP contribution in [0.25, 0.3) is 16.5 Å². The molecule has 0 bridgehead atoms. The highest BCUT2D eigenvalue weighted by Crippen LogP contribution is 2.31. The van der Waals surface area contributed by atoms with E-state index in [1.165, 1.54) is 0 Å². The van der Waals surface area contributed by atoms with Gasteiger partial charge in [-0.05, 0) is 55.5 Å². The summed E-state index contributed by atoms with van der Waals surface area (Å²) in [4.78, 5) is 38.8. The van der Waals surface area contributed by atoms with Gasteiger partial charge in [0.15, 0.2) is 5.69 Å². The number of esters is 1. The standard InChI is InChI=1S/C23H18BrN3O5S/c1-3-32-23(30)19-17-12-33-21(25-20(28)13-4-10-16(31-2)11-5-13)18(17)22(29)27(26-19)15-8-6-14(24)7-9-15/h4-12H,3H2,1-2H3,(H,25,28). The number of hydrogen-bond donors (Lipinski definition) is 1. The first-order valence-electron chi connectivity index (χ1n) is 9.86. The minimum absolute atomic E-state index is 0.00411. The van der Waals surface area contributed by atoms with E-state index in [9.17, 15) is 14.4 Å². The van der Waals surface area contributed by atoms with Gasteiger partial charge in [-0.3, -0.25) is 9.59 Å². The molecule has 4 aromatic rings. The predicted molar refractivity (Wildman–Crippen MR) is 130 cm³/mol. The van der Waals surface area contributed by atoms with Crippen molar-refractivity contribution in [2.45, 2.75) is 6.92 Å². The van der Waals surface area contributed by atoms with Crippen molar-refractivity contribution in [2.24, 2.45) is 0 Å². The molecule has 0 aliphatic carbocycles. The molecule has 0 atom stereocenters. The molecule has 8 nitrogen and oxygen atoms in total. The van der Waals surface area contributed by atoms with Crippen LogP contribution < -0.4 is 15.6 Å². The number of amides is 1. The molecule has 0 unspecified atom stereocenters. The molecule has 0 radical (unpaired) electrons. The summed E-state index contributed by atoms with van der Waals surface area (Å²) < 4.78 is 12.2. The Morgan fingerprint density at radius 1 is 1.12 bits per heavy atom. The normalized spacial score (nSPS) is 10.8. The Bertz CT molecular complexity index is 1390. The number of ether oxygens (including phenoxy) is 2. The van der Waals surface area contributed by atoms with Gasteiger partial charge in [0.1, 0.15) is 10.8 Å². The van der Waals surface area contributed by atoms with Crippen molar-refractivity contribution < 1.29 is 19.1 Å². The molecule has 2 heterocycles. The third kappa shape index (κ3) is 4.53. The van der Waals surface area contributed by atoms with E-state index in [1.807, 2.05) is 0 Å². The highest BCUT2D eigenvalue weighted by Gasteiger charge is 2.23. The number of thiophene rings is 1. The van der Waals surface area contributed by atoms with Crippen molar-refractivity contribution in [1.82, 2.24) is 9.78 Å². The Kier molecular flexibility index (Phi) is 6.57. The summed E-state index contributed by atoms with van der Waals surface area (Å²) in [6.07, 6.45) is 0. The number of nitrogens with zero attached hydrogens (tertiary/aromatic N) is 2. The van der Waals surface area contributed by atoms with Gasteiger partial charge in [0, 0.05) is 20.8 Å². The van der Waals surface area contributed by atoms with Crippen molar-refractivity contribution in [2.75, 3.05) is 19.0 Å². The highest BCUT2D eigenvalue weighted by atomic mass is 79.9. The number of hydrogen-bond acceptors (Lipinski definition) is 7. The highest BCUT2D eigenvalue weighted by molar-refractivity contribution is 9.10. The number of rotatable bonds is 6. The van der Waals surface area contributed by atoms with Gasteiger partial charge in [0.05, 0.1) is 24.8 Å². The minimum atomic E-state index is -0.654. The first-order valence-corrected chi connectivity index (χ1v) is 11.5. The fourth-order valence-electron chi connectivity index (χ4n) is 3.17. The van der Waals surface area contributed by atoms with Crippen LogP contribution in [-0.4, -0.2) is 35.4 Å². The Balaban J connectivity index is 1.84. The maximum Gasteiger partial charge on any atom is 0.359 e. The molecular formula is C23H18BrN3O5S. The lowest BCUT2D eigenvalue weighted by molar-refractivity contribution is 0.0520. The van der Waals surface area contributed by atoms with Gasteiger partial charge < -0.3 is 14.8 Å². The molecule has 0 saturated heterocycles. The number of halogens is 1. The van der Waals surface area contributed by atoms with Gasteiger partial charge in [0.25, 0.3) is 11.5 Å². The monoisotopic (exact) mass is 527 g/mol. The lowest BCUT2D eigenvalue weighted by Crippen LogP contribution is -2.25. The van der Waals surface area contributed by atoms with Crippen LogP contribution in [0.1, 0.15) is 27.8 Å². The molecule has 2 aromatic heterocycles. The lowest BCUT2D eigenvalue weighted by Gasteiger charge is -2.10. The Hall–Kier alpha value is -3.50. The van der Waals surface area contributed by atoms with Gasteiger partial charge in [0.2, 0.25) is 0 Å². The number of nitrogens with one attached hydrogen (secondary N) is 1. The Labute approximate surface area is 200 Å². The van der Waals surface area contributed by atoms with Crippen molar-refractivity contribution in [3.8, 4) is 11.4 Å². The van der Waals surface area contributed by atoms with E-state index < -0.39 is 17.4 Å². The zero-order chi connectivity index (χ0) is 23.5. The van der Waals surface area contributed by atoms with Crippen LogP contribution in [0, 0.1) is 0 Å². The third-order valence-corrected chi connectivity index (χ3v) is 6.20. The molecule has 1 N–H and O–H groups in total. The quantitative estimate of drug-likeness (QED) is 0.366. The van der Waals surface area contributed by atoms with Crippen molar-refractivity contribution in [1.29, 1.82) is 0 Å². The molecule has 1 amide bonds. The fraction of sp³-hybridized carbons (Fsp3) is 0.130. The van der Waals surface area contributed by atoms with E-state index in [2.05, 4.69) is 26.3 Å². The first kappa shape index (κ1) is 22.7. The van der Waals surface area contributed by atoms with Gasteiger partial charge >= 0.3 is 5.97 Å². The van der Waals surface area contributed by atoms with Crippen molar-refractivity contribution in [3.63, 3.8) is 0 Å². The largest absolute Gasteiger partial charge is 0.497 e. The smallest absolute Gasteiger partial charge is 0.359 e. The van der Waals surface area contributed by atoms with Gasteiger partial charge in [-0.15, -0.1) is 11.3 Å². The molecule has 0 fully saturated rings. The van der Waals surface area contributed by atoms with Gasteiger partial charge in [-0.2, -0.15) is 9.78 Å². The Morgan fingerprint density at radius 3 is 2.45 bits per heavy atom. The molecule has 168 valence electrons. The van der Waals surface area contributed by atoms with E-state index in [4.69, 9.17) is 9.47 Å². The minimum Gasteiger partial charge on any atom is -0.497 e. The number of carbonyl (C=O) groups is 2. The topological polar surface area (TPSA) is 99.5 Å². The summed E-state index contributed by atoms with van der Waals surface area (Å²) in [5, 5.41) is 9.50. The summed E-state index contributed by atoms with van der Waals surface area (Å²) >= 11 is 4.50. The van der Waals surface area contributed by atoms with E-state index >= 15 is 0 Å². The molecule has 4 rings (SSSR count). The second-order valence-electron chi connectivity index (χ2n) is 6.80. The number of aromatic nitrogens is 2. The molecule has 33 heavy (non-hydrogen) atoms. The maximum absolute atomic E-state index is 13.4. The molecular weight excluding hydrogens is 510 g/mol. The SMILES string of the molecule is CCOC(=O)c1nn(-c2ccc(Br)cc2)c(=O)c2c(NC(=O)c3ccc(OC)cc3)scc12. The lowest BCUT2D eigenvalue weighted by atomic mass is 10.2. The number of anilines is 1. The Morgan fingerprint density at radius 2 is 1.82 bits per heavy atom. The van der Waals surface area contributed by atoms with Crippen LogP contribution in [0.5, 0.6) is 5.75 Å². The second kappa shape index (κ2) is 9.55. The van der Waals surface area contributed by atoms with Gasteiger partial charge in [-0.25, -0.2) is 4.79 Å². The van der Waals surface area contributed by atoms with Crippen LogP contribution >= 0.6 is 27.3 Å². The van der Waals surface area contributed by atoms with Gasteiger partial charge in [-0.1, -0.05) is 15.9 Å². The van der Waals surface area contributed by atoms with Crippen LogP contribution in [-0.2, 0) is 4.74 Å². The molecule has 0 saturated carbocycles. The van der Waals surface area contributed by atoms with Crippen LogP contribution in [0.4, 0.5) is 5.00 Å². The van der Waals surface area contributed by atoms with E-state index in [1.54, 1.807) is 67.9 Å². The van der Waals surface area contributed by atoms with Crippen molar-refractivity contribution >= 4 is 54.9 Å². The van der Waals surface area contributed by atoms with Crippen LogP contribution in [0.2, 0.25) is 0 Å². The maximum atomic E-state index is 13.4. The van der Waals surface area contributed by atoms with E-state index in [0.717, 1.165) is 20.5 Å². The summed E-state index contributed by atoms with van der Waals surface area (Å²) in [6, 6.07) is 13.5. The summed E-state index contributed by atoms with van der Waals surface area (Å²) in [5.74, 6) is -0.430. The first-order chi connectivity index (χ1) is 15.9. The van der Waals surface area contributed by atoms with Crippen molar-refractivity contribution in [3.05, 3.63) is 80.0 Å². The molecule has 0 aliphatic heterocycles. The average Bonchev–Trinajstić information content (AvgIpc) is 3.24. The molecule has 0 aliphatic rings. The molecule has 2 aromatic carbocycles. The third-order valence-electron chi connectivity index (χ3n) is 4.77. The molecule has 0 spiro atoms. The second-order valence-corrected chi connectivity index (χ2v) is 8.59. The number of carbonyl (C=O) groups excluding carboxylic acids is 2. The number of benzene rings is 2. The number of fused-ring (bicyclic) bond motifs is 1. The van der Waals surface area contributed by atoms with E-state index in [0.29, 0.717) is 27.4 Å². The zero-order valence-electron chi connectivity index (χ0n) is 17.6. The molecule has 10 heteroatoms. The summed E-state index contributed by atoms with van der Waals surface area (Å²) in [6.45, 7) is 1.85. The van der Waals surface area contributed by atoms with Crippen LogP contribution in [0.3, 0.4) is 0 Å².